The summed E-state index contributed by atoms with van der Waals surface area (Å²) in [5.41, 5.74) is 0. The molecule has 0 radical (unpaired) electrons. The first-order chi connectivity index (χ1) is 6.71. The third-order valence-corrected chi connectivity index (χ3v) is 3.59. The van der Waals surface area contributed by atoms with E-state index < -0.39 is 16.2 Å². The van der Waals surface area contributed by atoms with Crippen molar-refractivity contribution in [3.05, 3.63) is 0 Å². The van der Waals surface area contributed by atoms with Gasteiger partial charge in [0, 0.05) is 26.4 Å². The van der Waals surface area contributed by atoms with E-state index in [1.54, 1.807) is 0 Å². The predicted molar refractivity (Wildman–Crippen MR) is 51.1 cm³/mol. The molecule has 0 aliphatic heterocycles. The summed E-state index contributed by atoms with van der Waals surface area (Å²) in [6.45, 7) is -0.0472. The van der Waals surface area contributed by atoms with Crippen molar-refractivity contribution in [2.75, 3.05) is 13.6 Å². The summed E-state index contributed by atoms with van der Waals surface area (Å²) in [7, 11) is -3.07. The Morgan fingerprint density at radius 1 is 1.53 bits per heavy atom. The Hall–Kier alpha value is -0.270. The van der Waals surface area contributed by atoms with Gasteiger partial charge < -0.3 is 0 Å². The van der Waals surface area contributed by atoms with Crippen LogP contribution in [0.1, 0.15) is 25.7 Å². The number of alkyl halides is 2. The normalized spacial score (nSPS) is 26.9. The van der Waals surface area contributed by atoms with Crippen molar-refractivity contribution >= 4 is 10.3 Å². The summed E-state index contributed by atoms with van der Waals surface area (Å²) in [6, 6.07) is 0. The Labute approximate surface area is 88.1 Å². The monoisotopic (exact) mass is 243 g/mol. The molecule has 15 heavy (non-hydrogen) atoms. The molecule has 0 saturated heterocycles. The number of nitrogens with zero attached hydrogens (tertiary/aromatic N) is 1. The Morgan fingerprint density at radius 3 is 2.60 bits per heavy atom. The Balaban J connectivity index is 2.53. The minimum absolute atomic E-state index is 0.0472. The maximum absolute atomic E-state index is 13.0. The van der Waals surface area contributed by atoms with Crippen LogP contribution < -0.4 is 0 Å². The number of hydrogen-bond acceptors (Lipinski definition) is 2. The maximum Gasteiger partial charge on any atom is 0.335 e. The lowest BCUT2D eigenvalue weighted by Crippen LogP contribution is -2.36. The van der Waals surface area contributed by atoms with Crippen LogP contribution in [0.4, 0.5) is 8.78 Å². The zero-order valence-electron chi connectivity index (χ0n) is 8.49. The molecule has 1 rings (SSSR count). The zero-order chi connectivity index (χ0) is 11.7. The van der Waals surface area contributed by atoms with E-state index in [0.29, 0.717) is 17.1 Å². The second-order valence-corrected chi connectivity index (χ2v) is 5.60. The molecule has 1 atom stereocenters. The fraction of sp³-hybridized carbons (Fsp3) is 1.00. The van der Waals surface area contributed by atoms with E-state index in [-0.39, 0.29) is 25.3 Å². The average molecular weight is 243 g/mol. The van der Waals surface area contributed by atoms with Crippen LogP contribution in [0, 0.1) is 5.92 Å². The van der Waals surface area contributed by atoms with Crippen molar-refractivity contribution in [3.8, 4) is 0 Å². The van der Waals surface area contributed by atoms with Gasteiger partial charge in [-0.2, -0.15) is 12.7 Å². The first-order valence-corrected chi connectivity index (χ1v) is 6.17. The van der Waals surface area contributed by atoms with Crippen LogP contribution in [0.3, 0.4) is 0 Å². The molecule has 90 valence electrons. The Bertz CT molecular complexity index is 318. The number of rotatable bonds is 3. The molecular weight excluding hydrogens is 228 g/mol. The number of halogens is 2. The largest absolute Gasteiger partial charge is 0.335 e. The third-order valence-electron chi connectivity index (χ3n) is 2.65. The molecule has 0 bridgehead atoms. The summed E-state index contributed by atoms with van der Waals surface area (Å²) in [5, 5.41) is 0. The summed E-state index contributed by atoms with van der Waals surface area (Å²) >= 11 is 0. The van der Waals surface area contributed by atoms with Crippen molar-refractivity contribution in [1.29, 1.82) is 0 Å². The standard InChI is InChI=1S/C8H15F2NO3S/c1-11(15(12,13)14)6-7-3-2-4-8(9,10)5-7/h7H,2-6H2,1H3,(H,12,13,14). The zero-order valence-corrected chi connectivity index (χ0v) is 9.30. The van der Waals surface area contributed by atoms with Gasteiger partial charge in [-0.15, -0.1) is 0 Å². The van der Waals surface area contributed by atoms with Crippen LogP contribution in [0.2, 0.25) is 0 Å². The van der Waals surface area contributed by atoms with Crippen LogP contribution in [0.15, 0.2) is 0 Å². The lowest BCUT2D eigenvalue weighted by Gasteiger charge is -2.30. The molecule has 1 N–H and O–H groups in total. The smallest absolute Gasteiger partial charge is 0.273 e. The highest BCUT2D eigenvalue weighted by Gasteiger charge is 2.37. The molecule has 0 aromatic rings. The molecule has 4 nitrogen and oxygen atoms in total. The lowest BCUT2D eigenvalue weighted by molar-refractivity contribution is -0.0540. The summed E-state index contributed by atoms with van der Waals surface area (Å²) < 4.78 is 56.6. The molecule has 0 aromatic heterocycles. The fourth-order valence-corrected chi connectivity index (χ4v) is 2.29. The van der Waals surface area contributed by atoms with Gasteiger partial charge in [0.05, 0.1) is 0 Å². The van der Waals surface area contributed by atoms with E-state index in [4.69, 9.17) is 4.55 Å². The van der Waals surface area contributed by atoms with Crippen LogP contribution in [0.25, 0.3) is 0 Å². The second kappa shape index (κ2) is 4.31. The maximum atomic E-state index is 13.0. The van der Waals surface area contributed by atoms with Gasteiger partial charge in [-0.05, 0) is 18.8 Å². The molecule has 0 spiro atoms. The topological polar surface area (TPSA) is 57.6 Å². The van der Waals surface area contributed by atoms with Gasteiger partial charge in [-0.25, -0.2) is 8.78 Å². The SMILES string of the molecule is CN(CC1CCCC(F)(F)C1)S(=O)(=O)O. The van der Waals surface area contributed by atoms with Gasteiger partial charge in [0.1, 0.15) is 0 Å². The van der Waals surface area contributed by atoms with Crippen molar-refractivity contribution in [1.82, 2.24) is 4.31 Å². The molecule has 0 aromatic carbocycles. The average Bonchev–Trinajstić information content (AvgIpc) is 2.00. The van der Waals surface area contributed by atoms with Crippen LogP contribution in [-0.2, 0) is 10.3 Å². The van der Waals surface area contributed by atoms with E-state index in [0.717, 1.165) is 0 Å². The van der Waals surface area contributed by atoms with Gasteiger partial charge in [-0.1, -0.05) is 0 Å². The van der Waals surface area contributed by atoms with E-state index in [9.17, 15) is 17.2 Å². The predicted octanol–water partition coefficient (Wildman–Crippen LogP) is 1.55. The Morgan fingerprint density at radius 2 is 2.13 bits per heavy atom. The van der Waals surface area contributed by atoms with Crippen molar-refractivity contribution in [3.63, 3.8) is 0 Å². The van der Waals surface area contributed by atoms with E-state index in [1.165, 1.54) is 7.05 Å². The highest BCUT2D eigenvalue weighted by atomic mass is 32.2. The van der Waals surface area contributed by atoms with Crippen LogP contribution in [0.5, 0.6) is 0 Å². The third kappa shape index (κ3) is 4.00. The van der Waals surface area contributed by atoms with Gasteiger partial charge >= 0.3 is 10.3 Å². The second-order valence-electron chi connectivity index (χ2n) is 4.08. The summed E-state index contributed by atoms with van der Waals surface area (Å²) in [5.74, 6) is -3.07. The molecule has 1 fully saturated rings. The highest BCUT2D eigenvalue weighted by Crippen LogP contribution is 2.36. The quantitative estimate of drug-likeness (QED) is 0.765. The molecule has 0 amide bonds. The molecule has 1 unspecified atom stereocenters. The molecular formula is C8H15F2NO3S. The minimum Gasteiger partial charge on any atom is -0.273 e. The van der Waals surface area contributed by atoms with Gasteiger partial charge in [-0.3, -0.25) is 4.55 Å². The molecule has 0 heterocycles. The van der Waals surface area contributed by atoms with E-state index in [2.05, 4.69) is 0 Å². The van der Waals surface area contributed by atoms with Gasteiger partial charge in [0.25, 0.3) is 0 Å². The minimum atomic E-state index is -4.25. The molecule has 1 aliphatic rings. The lowest BCUT2D eigenvalue weighted by atomic mass is 9.86. The Kier molecular flexibility index (Phi) is 3.67. The van der Waals surface area contributed by atoms with E-state index >= 15 is 0 Å². The fourth-order valence-electron chi connectivity index (χ4n) is 1.89. The first kappa shape index (κ1) is 12.8. The summed E-state index contributed by atoms with van der Waals surface area (Å²) in [4.78, 5) is 0. The highest BCUT2D eigenvalue weighted by molar-refractivity contribution is 7.83. The van der Waals surface area contributed by atoms with Crippen molar-refractivity contribution < 1.29 is 21.8 Å². The first-order valence-electron chi connectivity index (χ1n) is 4.77. The molecule has 1 aliphatic carbocycles. The van der Waals surface area contributed by atoms with Crippen molar-refractivity contribution in [2.24, 2.45) is 5.92 Å². The molecule has 7 heteroatoms. The number of hydrogen-bond donors (Lipinski definition) is 1. The van der Waals surface area contributed by atoms with Crippen LogP contribution in [-0.4, -0.2) is 36.8 Å². The van der Waals surface area contributed by atoms with Crippen LogP contribution >= 0.6 is 0 Å². The summed E-state index contributed by atoms with van der Waals surface area (Å²) in [6.07, 6.45) is 0.554. The van der Waals surface area contributed by atoms with Gasteiger partial charge in [0.2, 0.25) is 5.92 Å². The van der Waals surface area contributed by atoms with Crippen molar-refractivity contribution in [2.45, 2.75) is 31.6 Å². The van der Waals surface area contributed by atoms with Gasteiger partial charge in [0.15, 0.2) is 0 Å². The molecule has 1 saturated carbocycles. The van der Waals surface area contributed by atoms with E-state index in [1.807, 2.05) is 0 Å².